The summed E-state index contributed by atoms with van der Waals surface area (Å²) in [6.07, 6.45) is 1.75. The van der Waals surface area contributed by atoms with E-state index in [9.17, 15) is 0 Å². The average Bonchev–Trinajstić information content (AvgIpc) is 2.21. The number of hydrogen-bond donors (Lipinski definition) is 0. The molecule has 3 heteroatoms. The standard InChI is InChI=1S/C10H8N2S/c1-2-5-9(6-3-1)12-10-11-7-4-8-13-10/h1-8H. The van der Waals surface area contributed by atoms with Gasteiger partial charge in [-0.2, -0.15) is 0 Å². The van der Waals surface area contributed by atoms with E-state index in [-0.39, 0.29) is 0 Å². The maximum atomic E-state index is 4.35. The fraction of sp³-hybridized carbons (Fsp3) is 0. The maximum Gasteiger partial charge on any atom is 0.209 e. The van der Waals surface area contributed by atoms with Crippen molar-refractivity contribution in [3.05, 3.63) is 52.8 Å². The summed E-state index contributed by atoms with van der Waals surface area (Å²) >= 11 is 1.53. The minimum absolute atomic E-state index is 0.786. The molecule has 64 valence electrons. The molecule has 0 aliphatic rings. The van der Waals surface area contributed by atoms with Gasteiger partial charge in [-0.25, -0.2) is 9.98 Å². The van der Waals surface area contributed by atoms with Crippen molar-refractivity contribution in [2.45, 2.75) is 0 Å². The van der Waals surface area contributed by atoms with Crippen LogP contribution >= 0.6 is 11.3 Å². The molecule has 2 aromatic rings. The number of nitrogens with zero attached hydrogens (tertiary/aromatic N) is 2. The lowest BCUT2D eigenvalue weighted by molar-refractivity contribution is 1.21. The van der Waals surface area contributed by atoms with Crippen molar-refractivity contribution in [3.63, 3.8) is 0 Å². The fourth-order valence-electron chi connectivity index (χ4n) is 0.941. The number of benzene rings is 1. The molecule has 0 atom stereocenters. The maximum absolute atomic E-state index is 4.35. The molecule has 0 spiro atoms. The number of aromatic nitrogens is 1. The van der Waals surface area contributed by atoms with Crippen molar-refractivity contribution < 1.29 is 0 Å². The molecule has 2 rings (SSSR count). The van der Waals surface area contributed by atoms with E-state index in [0.29, 0.717) is 0 Å². The van der Waals surface area contributed by atoms with Crippen LogP contribution in [0.1, 0.15) is 0 Å². The van der Waals surface area contributed by atoms with Crippen molar-refractivity contribution in [2.24, 2.45) is 4.99 Å². The Morgan fingerprint density at radius 3 is 2.62 bits per heavy atom. The van der Waals surface area contributed by atoms with Crippen LogP contribution in [-0.2, 0) is 0 Å². The Hall–Kier alpha value is -1.48. The van der Waals surface area contributed by atoms with Crippen molar-refractivity contribution in [2.75, 3.05) is 0 Å². The first-order valence-electron chi connectivity index (χ1n) is 3.95. The van der Waals surface area contributed by atoms with Gasteiger partial charge in [-0.05, 0) is 23.6 Å². The zero-order valence-electron chi connectivity index (χ0n) is 6.92. The van der Waals surface area contributed by atoms with Crippen LogP contribution in [-0.4, -0.2) is 4.98 Å². The molecule has 13 heavy (non-hydrogen) atoms. The second-order valence-corrected chi connectivity index (χ2v) is 3.33. The predicted octanol–water partition coefficient (Wildman–Crippen LogP) is 2.38. The Labute approximate surface area is 80.3 Å². The van der Waals surface area contributed by atoms with Crippen molar-refractivity contribution >= 4 is 17.0 Å². The fourth-order valence-corrected chi connectivity index (χ4v) is 1.49. The van der Waals surface area contributed by atoms with Gasteiger partial charge in [0, 0.05) is 6.20 Å². The zero-order chi connectivity index (χ0) is 8.93. The molecule has 0 saturated heterocycles. The van der Waals surface area contributed by atoms with Gasteiger partial charge in [0.1, 0.15) is 0 Å². The summed E-state index contributed by atoms with van der Waals surface area (Å²) in [6, 6.07) is 11.7. The molecule has 0 fully saturated rings. The van der Waals surface area contributed by atoms with Crippen LogP contribution in [0.15, 0.2) is 53.0 Å². The van der Waals surface area contributed by atoms with Gasteiger partial charge in [0.05, 0.1) is 5.69 Å². The molecule has 0 amide bonds. The zero-order valence-corrected chi connectivity index (χ0v) is 7.74. The van der Waals surface area contributed by atoms with E-state index in [1.165, 1.54) is 11.3 Å². The van der Waals surface area contributed by atoms with E-state index in [0.717, 1.165) is 10.5 Å². The van der Waals surface area contributed by atoms with Gasteiger partial charge in [-0.15, -0.1) is 11.3 Å². The lowest BCUT2D eigenvalue weighted by atomic mass is 10.3. The highest BCUT2D eigenvalue weighted by Gasteiger charge is 1.85. The van der Waals surface area contributed by atoms with Gasteiger partial charge in [-0.1, -0.05) is 18.2 Å². The highest BCUT2D eigenvalue weighted by molar-refractivity contribution is 7.06. The first-order valence-corrected chi connectivity index (χ1v) is 4.83. The summed E-state index contributed by atoms with van der Waals surface area (Å²) in [5.74, 6) is 0. The molecule has 1 aromatic heterocycles. The summed E-state index contributed by atoms with van der Waals surface area (Å²) in [6.45, 7) is 0. The summed E-state index contributed by atoms with van der Waals surface area (Å²) in [7, 11) is 0. The number of rotatable bonds is 1. The lowest BCUT2D eigenvalue weighted by Crippen LogP contribution is -1.98. The third kappa shape index (κ3) is 2.23. The highest BCUT2D eigenvalue weighted by Crippen LogP contribution is 2.07. The number of hydrogen-bond acceptors (Lipinski definition) is 3. The van der Waals surface area contributed by atoms with Crippen LogP contribution in [0.2, 0.25) is 0 Å². The van der Waals surface area contributed by atoms with Gasteiger partial charge in [0.15, 0.2) is 0 Å². The molecule has 0 unspecified atom stereocenters. The molecule has 0 radical (unpaired) electrons. The van der Waals surface area contributed by atoms with Crippen molar-refractivity contribution in [3.8, 4) is 0 Å². The lowest BCUT2D eigenvalue weighted by Gasteiger charge is -1.89. The minimum Gasteiger partial charge on any atom is -0.228 e. The van der Waals surface area contributed by atoms with Crippen LogP contribution < -0.4 is 4.80 Å². The first-order chi connectivity index (χ1) is 6.45. The molecule has 1 aromatic carbocycles. The van der Waals surface area contributed by atoms with E-state index in [4.69, 9.17) is 0 Å². The normalized spacial score (nSPS) is 11.5. The van der Waals surface area contributed by atoms with E-state index in [2.05, 4.69) is 9.98 Å². The van der Waals surface area contributed by atoms with E-state index in [1.54, 1.807) is 6.20 Å². The molecule has 0 N–H and O–H groups in total. The average molecular weight is 188 g/mol. The smallest absolute Gasteiger partial charge is 0.209 e. The molecule has 0 aliphatic carbocycles. The van der Waals surface area contributed by atoms with E-state index < -0.39 is 0 Å². The third-order valence-electron chi connectivity index (χ3n) is 1.50. The quantitative estimate of drug-likeness (QED) is 0.674. The largest absolute Gasteiger partial charge is 0.228 e. The minimum atomic E-state index is 0.786. The first kappa shape index (κ1) is 8.13. The summed E-state index contributed by atoms with van der Waals surface area (Å²) in [5, 5.41) is 1.97. The van der Waals surface area contributed by atoms with Gasteiger partial charge < -0.3 is 0 Å². The van der Waals surface area contributed by atoms with Crippen LogP contribution in [0.4, 0.5) is 5.69 Å². The van der Waals surface area contributed by atoms with Gasteiger partial charge in [0.25, 0.3) is 0 Å². The Kier molecular flexibility index (Phi) is 2.48. The molecular weight excluding hydrogens is 180 g/mol. The Morgan fingerprint density at radius 1 is 1.08 bits per heavy atom. The molecule has 0 saturated carbocycles. The van der Waals surface area contributed by atoms with Crippen LogP contribution in [0.25, 0.3) is 0 Å². The second kappa shape index (κ2) is 3.96. The van der Waals surface area contributed by atoms with Crippen molar-refractivity contribution in [1.29, 1.82) is 0 Å². The predicted molar refractivity (Wildman–Crippen MR) is 53.8 cm³/mol. The van der Waals surface area contributed by atoms with Crippen LogP contribution in [0.3, 0.4) is 0 Å². The molecule has 1 heterocycles. The van der Waals surface area contributed by atoms with E-state index >= 15 is 0 Å². The monoisotopic (exact) mass is 188 g/mol. The summed E-state index contributed by atoms with van der Waals surface area (Å²) in [5.41, 5.74) is 0.942. The highest BCUT2D eigenvalue weighted by atomic mass is 32.1. The molecule has 2 nitrogen and oxygen atoms in total. The molecule has 0 aliphatic heterocycles. The molecular formula is C10H8N2S. The Morgan fingerprint density at radius 2 is 1.92 bits per heavy atom. The topological polar surface area (TPSA) is 25.2 Å². The van der Waals surface area contributed by atoms with Gasteiger partial charge >= 0.3 is 0 Å². The summed E-state index contributed by atoms with van der Waals surface area (Å²) < 4.78 is 0. The van der Waals surface area contributed by atoms with Gasteiger partial charge in [0.2, 0.25) is 4.80 Å². The van der Waals surface area contributed by atoms with Crippen LogP contribution in [0.5, 0.6) is 0 Å². The molecule has 0 bridgehead atoms. The van der Waals surface area contributed by atoms with E-state index in [1.807, 2.05) is 41.8 Å². The van der Waals surface area contributed by atoms with Gasteiger partial charge in [-0.3, -0.25) is 0 Å². The van der Waals surface area contributed by atoms with Crippen LogP contribution in [0, 0.1) is 0 Å². The SMILES string of the molecule is c1ccc(N=c2ncccs2)cc1. The Balaban J connectivity index is 2.43. The second-order valence-electron chi connectivity index (χ2n) is 2.45. The number of para-hydroxylation sites is 1. The third-order valence-corrected chi connectivity index (χ3v) is 2.20. The summed E-state index contributed by atoms with van der Waals surface area (Å²) in [4.78, 5) is 9.26. The van der Waals surface area contributed by atoms with Crippen molar-refractivity contribution in [1.82, 2.24) is 4.98 Å². The Bertz CT molecular complexity index is 416.